The molecule has 1 fully saturated rings. The van der Waals surface area contributed by atoms with Crippen LogP contribution in [0.25, 0.3) is 11.4 Å². The van der Waals surface area contributed by atoms with Crippen LogP contribution in [-0.4, -0.2) is 47.8 Å². The zero-order chi connectivity index (χ0) is 31.9. The number of carbonyl (C=O) groups is 2. The summed E-state index contributed by atoms with van der Waals surface area (Å²) in [5, 5.41) is 7.79. The van der Waals surface area contributed by atoms with Crippen LogP contribution in [0.4, 0.5) is 0 Å². The third-order valence-corrected chi connectivity index (χ3v) is 9.52. The van der Waals surface area contributed by atoms with Gasteiger partial charge in [-0.05, 0) is 95.9 Å². The second-order valence-corrected chi connectivity index (χ2v) is 12.8. The van der Waals surface area contributed by atoms with E-state index in [2.05, 4.69) is 26.3 Å². The van der Waals surface area contributed by atoms with Gasteiger partial charge in [-0.15, -0.1) is 0 Å². The summed E-state index contributed by atoms with van der Waals surface area (Å²) in [7, 11) is 0. The SMILES string of the molecule is C[C@H]1Cn2c(c(C(=O)NCc3ccccc3-n3cccn3)n(-c3ccc(OC4CC4)cc3)c2=O)CN1C(=O)c1ccc(Br)c(Cl)c1. The van der Waals surface area contributed by atoms with Crippen molar-refractivity contribution in [1.82, 2.24) is 29.1 Å². The van der Waals surface area contributed by atoms with E-state index in [1.165, 1.54) is 4.57 Å². The van der Waals surface area contributed by atoms with Gasteiger partial charge in [-0.2, -0.15) is 5.10 Å². The van der Waals surface area contributed by atoms with Crippen molar-refractivity contribution in [3.63, 3.8) is 0 Å². The van der Waals surface area contributed by atoms with Crippen molar-refractivity contribution in [1.29, 1.82) is 0 Å². The molecule has 0 saturated heterocycles. The lowest BCUT2D eigenvalue weighted by Gasteiger charge is -2.34. The third-order valence-electron chi connectivity index (χ3n) is 8.29. The first-order chi connectivity index (χ1) is 22.3. The summed E-state index contributed by atoms with van der Waals surface area (Å²) < 4.78 is 11.4. The molecule has 0 bridgehead atoms. The second-order valence-electron chi connectivity index (χ2n) is 11.5. The van der Waals surface area contributed by atoms with E-state index in [4.69, 9.17) is 16.3 Å². The fourth-order valence-electron chi connectivity index (χ4n) is 5.76. The number of amides is 2. The smallest absolute Gasteiger partial charge is 0.333 e. The summed E-state index contributed by atoms with van der Waals surface area (Å²) in [4.78, 5) is 43.6. The Morgan fingerprint density at radius 1 is 1.07 bits per heavy atom. The van der Waals surface area contributed by atoms with Crippen LogP contribution >= 0.6 is 27.5 Å². The number of benzene rings is 3. The Balaban J connectivity index is 1.26. The Hall–Kier alpha value is -4.61. The molecule has 0 unspecified atom stereocenters. The van der Waals surface area contributed by atoms with Gasteiger partial charge < -0.3 is 15.0 Å². The van der Waals surface area contributed by atoms with Crippen molar-refractivity contribution >= 4 is 39.3 Å². The van der Waals surface area contributed by atoms with Gasteiger partial charge in [0.2, 0.25) is 0 Å². The van der Waals surface area contributed by atoms with Crippen molar-refractivity contribution < 1.29 is 14.3 Å². The molecule has 1 aliphatic heterocycles. The highest BCUT2D eigenvalue weighted by Crippen LogP contribution is 2.30. The molecular formula is C34H30BrClN6O4. The van der Waals surface area contributed by atoms with Crippen LogP contribution in [0, 0.1) is 0 Å². The molecule has 2 amide bonds. The maximum atomic E-state index is 14.2. The summed E-state index contributed by atoms with van der Waals surface area (Å²) in [6.45, 7) is 2.37. The average molecular weight is 702 g/mol. The minimum absolute atomic E-state index is 0.0609. The predicted molar refractivity (Wildman–Crippen MR) is 177 cm³/mol. The fraction of sp³-hybridized carbons (Fsp3) is 0.235. The molecule has 2 aromatic heterocycles. The summed E-state index contributed by atoms with van der Waals surface area (Å²) >= 11 is 9.69. The van der Waals surface area contributed by atoms with Gasteiger partial charge in [0.15, 0.2) is 0 Å². The third kappa shape index (κ3) is 5.76. The first-order valence-electron chi connectivity index (χ1n) is 15.0. The van der Waals surface area contributed by atoms with Crippen LogP contribution in [0.3, 0.4) is 0 Å². The van der Waals surface area contributed by atoms with E-state index in [0.29, 0.717) is 32.2 Å². The van der Waals surface area contributed by atoms with Crippen molar-refractivity contribution in [2.45, 2.75) is 51.5 Å². The highest BCUT2D eigenvalue weighted by atomic mass is 79.9. The summed E-state index contributed by atoms with van der Waals surface area (Å²) in [6, 6.07) is 21.4. The van der Waals surface area contributed by atoms with Gasteiger partial charge >= 0.3 is 5.69 Å². The maximum Gasteiger partial charge on any atom is 0.333 e. The number of para-hydroxylation sites is 1. The molecule has 7 rings (SSSR count). The number of imidazole rings is 1. The summed E-state index contributed by atoms with van der Waals surface area (Å²) in [5.74, 6) is 0.0329. The minimum Gasteiger partial charge on any atom is -0.490 e. The predicted octanol–water partition coefficient (Wildman–Crippen LogP) is 5.76. The second kappa shape index (κ2) is 12.3. The molecule has 1 N–H and O–H groups in total. The van der Waals surface area contributed by atoms with E-state index in [0.717, 1.165) is 24.1 Å². The molecule has 3 heterocycles. The van der Waals surface area contributed by atoms with Crippen LogP contribution < -0.4 is 15.7 Å². The topological polar surface area (TPSA) is 103 Å². The molecular weight excluding hydrogens is 672 g/mol. The number of nitrogens with one attached hydrogen (secondary N) is 1. The Kier molecular flexibility index (Phi) is 8.04. The van der Waals surface area contributed by atoms with Crippen molar-refractivity contribution in [3.8, 4) is 17.1 Å². The lowest BCUT2D eigenvalue weighted by atomic mass is 10.1. The average Bonchev–Trinajstić information content (AvgIpc) is 3.61. The van der Waals surface area contributed by atoms with Gasteiger partial charge in [-0.25, -0.2) is 9.48 Å². The van der Waals surface area contributed by atoms with Crippen molar-refractivity contribution in [3.05, 3.63) is 128 Å². The quantitative estimate of drug-likeness (QED) is 0.222. The molecule has 234 valence electrons. The normalized spacial score (nSPS) is 15.8. The van der Waals surface area contributed by atoms with Crippen LogP contribution in [0.15, 0.2) is 94.5 Å². The number of hydrogen-bond donors (Lipinski definition) is 1. The molecule has 12 heteroatoms. The maximum absolute atomic E-state index is 14.2. The van der Waals surface area contributed by atoms with Crippen molar-refractivity contribution in [2.75, 3.05) is 0 Å². The number of hydrogen-bond acceptors (Lipinski definition) is 5. The molecule has 0 radical (unpaired) electrons. The molecule has 3 aromatic carbocycles. The molecule has 0 spiro atoms. The first-order valence-corrected chi connectivity index (χ1v) is 16.2. The molecule has 46 heavy (non-hydrogen) atoms. The summed E-state index contributed by atoms with van der Waals surface area (Å²) in [6.07, 6.45) is 5.82. The number of carbonyl (C=O) groups excluding carboxylic acids is 2. The highest BCUT2D eigenvalue weighted by Gasteiger charge is 2.35. The number of halogens is 2. The van der Waals surface area contributed by atoms with Gasteiger partial charge in [0.05, 0.1) is 34.7 Å². The van der Waals surface area contributed by atoms with Gasteiger partial charge in [0, 0.05) is 41.6 Å². The monoisotopic (exact) mass is 700 g/mol. The molecule has 1 aliphatic carbocycles. The van der Waals surface area contributed by atoms with Crippen LogP contribution in [0.2, 0.25) is 5.02 Å². The highest BCUT2D eigenvalue weighted by molar-refractivity contribution is 9.10. The van der Waals surface area contributed by atoms with Crippen molar-refractivity contribution in [2.24, 2.45) is 0 Å². The summed E-state index contributed by atoms with van der Waals surface area (Å²) in [5.41, 5.74) is 2.91. The number of rotatable bonds is 8. The Labute approximate surface area is 278 Å². The van der Waals surface area contributed by atoms with Gasteiger partial charge in [-0.1, -0.05) is 29.8 Å². The number of ether oxygens (including phenoxy) is 1. The van der Waals surface area contributed by atoms with Gasteiger partial charge in [0.25, 0.3) is 11.8 Å². The number of nitrogens with zero attached hydrogens (tertiary/aromatic N) is 5. The van der Waals surface area contributed by atoms with E-state index in [1.54, 1.807) is 50.7 Å². The Morgan fingerprint density at radius 2 is 1.85 bits per heavy atom. The van der Waals surface area contributed by atoms with E-state index in [9.17, 15) is 14.4 Å². The zero-order valence-electron chi connectivity index (χ0n) is 24.9. The fourth-order valence-corrected chi connectivity index (χ4v) is 6.19. The molecule has 1 saturated carbocycles. The van der Waals surface area contributed by atoms with Crippen LogP contribution in [-0.2, 0) is 19.6 Å². The van der Waals surface area contributed by atoms with E-state index in [-0.39, 0.29) is 49.1 Å². The number of aromatic nitrogens is 4. The lowest BCUT2D eigenvalue weighted by Crippen LogP contribution is -2.47. The minimum atomic E-state index is -0.437. The standard InChI is InChI=1S/C34H30BrClN6O4/c1-21-19-40-30(20-39(21)33(44)22-7-14-27(35)28(36)17-22)31(42(34(40)45)24-8-10-25(11-9-24)46-26-12-13-26)32(43)37-18-23-5-2-3-6-29(23)41-16-4-15-38-41/h2-11,14-17,21,26H,12-13,18-20H2,1H3,(H,37,43)/t21-/m0/s1. The number of fused-ring (bicyclic) bond motifs is 1. The zero-order valence-corrected chi connectivity index (χ0v) is 27.2. The van der Waals surface area contributed by atoms with E-state index >= 15 is 0 Å². The largest absolute Gasteiger partial charge is 0.490 e. The molecule has 5 aromatic rings. The van der Waals surface area contributed by atoms with Crippen LogP contribution in [0.5, 0.6) is 5.75 Å². The molecule has 2 aliphatic rings. The van der Waals surface area contributed by atoms with Gasteiger partial charge in [0.1, 0.15) is 11.4 Å². The van der Waals surface area contributed by atoms with Gasteiger partial charge in [-0.3, -0.25) is 18.7 Å². The van der Waals surface area contributed by atoms with E-state index in [1.807, 2.05) is 55.6 Å². The Bertz CT molecular complexity index is 2000. The molecule has 1 atom stereocenters. The lowest BCUT2D eigenvalue weighted by molar-refractivity contribution is 0.0610. The first kappa shape index (κ1) is 30.1. The van der Waals surface area contributed by atoms with Crippen LogP contribution in [0.1, 0.15) is 51.9 Å². The molecule has 10 nitrogen and oxygen atoms in total. The Morgan fingerprint density at radius 3 is 2.57 bits per heavy atom. The van der Waals surface area contributed by atoms with E-state index < -0.39 is 5.91 Å².